The van der Waals surface area contributed by atoms with Crippen molar-refractivity contribution in [1.29, 1.82) is 0 Å². The summed E-state index contributed by atoms with van der Waals surface area (Å²) in [7, 11) is 0. The van der Waals surface area contributed by atoms with Gasteiger partial charge in [0.2, 0.25) is 0 Å². The molecule has 0 atom stereocenters. The average Bonchev–Trinajstić information content (AvgIpc) is 3.34. The van der Waals surface area contributed by atoms with Crippen molar-refractivity contribution in [1.82, 2.24) is 9.97 Å². The van der Waals surface area contributed by atoms with Gasteiger partial charge in [-0.1, -0.05) is 29.8 Å². The minimum Gasteiger partial charge on any atom is -0.298 e. The Morgan fingerprint density at radius 3 is 2.71 bits per heavy atom. The summed E-state index contributed by atoms with van der Waals surface area (Å²) in [6, 6.07) is 11.7. The second-order valence-corrected chi connectivity index (χ2v) is 8.84. The zero-order chi connectivity index (χ0) is 19.7. The maximum Gasteiger partial charge on any atom is 0.259 e. The number of rotatable bonds is 4. The third kappa shape index (κ3) is 3.85. The van der Waals surface area contributed by atoms with Crippen molar-refractivity contribution in [2.45, 2.75) is 13.8 Å². The normalized spacial score (nSPS) is 10.8. The first-order chi connectivity index (χ1) is 13.5. The number of halogens is 1. The molecule has 0 bridgehead atoms. The zero-order valence-electron chi connectivity index (χ0n) is 15.2. The van der Waals surface area contributed by atoms with Crippen LogP contribution in [0.5, 0.6) is 0 Å². The Kier molecular flexibility index (Phi) is 5.26. The van der Waals surface area contributed by atoms with E-state index in [1.807, 2.05) is 55.6 Å². The van der Waals surface area contributed by atoms with Crippen LogP contribution in [0.4, 0.5) is 5.13 Å². The molecule has 0 aliphatic carbocycles. The van der Waals surface area contributed by atoms with Crippen LogP contribution in [0.1, 0.15) is 20.8 Å². The number of thiophene rings is 1. The van der Waals surface area contributed by atoms with Crippen LogP contribution in [-0.4, -0.2) is 15.9 Å². The van der Waals surface area contributed by atoms with E-state index in [1.54, 1.807) is 23.7 Å². The van der Waals surface area contributed by atoms with Crippen LogP contribution in [0.25, 0.3) is 21.7 Å². The molecule has 4 nitrogen and oxygen atoms in total. The van der Waals surface area contributed by atoms with Crippen molar-refractivity contribution in [2.75, 3.05) is 5.32 Å². The largest absolute Gasteiger partial charge is 0.298 e. The summed E-state index contributed by atoms with van der Waals surface area (Å²) in [4.78, 5) is 23.6. The van der Waals surface area contributed by atoms with Crippen LogP contribution in [0, 0.1) is 13.8 Å². The van der Waals surface area contributed by atoms with Crippen LogP contribution >= 0.6 is 34.3 Å². The van der Waals surface area contributed by atoms with E-state index in [0.717, 1.165) is 32.1 Å². The number of anilines is 1. The summed E-state index contributed by atoms with van der Waals surface area (Å²) in [5, 5.41) is 6.14. The lowest BCUT2D eigenvalue weighted by Crippen LogP contribution is -2.12. The average molecular weight is 426 g/mol. The van der Waals surface area contributed by atoms with Gasteiger partial charge in [-0.05, 0) is 43.0 Å². The molecule has 0 radical (unpaired) electrons. The molecule has 3 aromatic heterocycles. The molecular formula is C21H16ClN3OS2. The lowest BCUT2D eigenvalue weighted by molar-refractivity contribution is 0.102. The first-order valence-electron chi connectivity index (χ1n) is 8.55. The standard InChI is InChI=1S/C21H16ClN3OS2/c1-12-5-6-14(9-17(12)22)19-13(2)28-21(24-19)25-20(26)16-8-15(10-23-11-16)18-4-3-7-27-18/h3-11H,1-2H3,(H,24,25,26). The van der Waals surface area contributed by atoms with E-state index in [4.69, 9.17) is 11.6 Å². The maximum absolute atomic E-state index is 12.7. The Hall–Kier alpha value is -2.54. The Morgan fingerprint density at radius 1 is 1.11 bits per heavy atom. The smallest absolute Gasteiger partial charge is 0.259 e. The van der Waals surface area contributed by atoms with Crippen molar-refractivity contribution in [3.05, 3.63) is 75.2 Å². The first-order valence-corrected chi connectivity index (χ1v) is 10.6. The molecule has 0 aliphatic rings. The van der Waals surface area contributed by atoms with Gasteiger partial charge in [0.1, 0.15) is 0 Å². The fourth-order valence-corrected chi connectivity index (χ4v) is 4.49. The van der Waals surface area contributed by atoms with E-state index in [1.165, 1.54) is 11.3 Å². The fraction of sp³-hybridized carbons (Fsp3) is 0.0952. The highest BCUT2D eigenvalue weighted by atomic mass is 35.5. The molecule has 0 fully saturated rings. The Labute approximate surface area is 175 Å². The lowest BCUT2D eigenvalue weighted by atomic mass is 10.1. The summed E-state index contributed by atoms with van der Waals surface area (Å²) >= 11 is 9.30. The van der Waals surface area contributed by atoms with Crippen molar-refractivity contribution in [2.24, 2.45) is 0 Å². The van der Waals surface area contributed by atoms with E-state index in [-0.39, 0.29) is 5.91 Å². The molecule has 140 valence electrons. The van der Waals surface area contributed by atoms with Gasteiger partial charge in [0, 0.05) is 38.3 Å². The number of amides is 1. The molecule has 7 heteroatoms. The summed E-state index contributed by atoms with van der Waals surface area (Å²) in [6.07, 6.45) is 3.32. The third-order valence-electron chi connectivity index (χ3n) is 4.27. The summed E-state index contributed by atoms with van der Waals surface area (Å²) in [6.45, 7) is 3.94. The van der Waals surface area contributed by atoms with Crippen LogP contribution in [0.2, 0.25) is 5.02 Å². The molecular weight excluding hydrogens is 410 g/mol. The number of carbonyl (C=O) groups is 1. The summed E-state index contributed by atoms with van der Waals surface area (Å²) in [5.41, 5.74) is 4.20. The number of carbonyl (C=O) groups excluding carboxylic acids is 1. The molecule has 4 rings (SSSR count). The summed E-state index contributed by atoms with van der Waals surface area (Å²) in [5.74, 6) is -0.229. The van der Waals surface area contributed by atoms with E-state index < -0.39 is 0 Å². The highest BCUT2D eigenvalue weighted by molar-refractivity contribution is 7.16. The third-order valence-corrected chi connectivity index (χ3v) is 6.48. The van der Waals surface area contributed by atoms with Gasteiger partial charge in [0.25, 0.3) is 5.91 Å². The highest BCUT2D eigenvalue weighted by Gasteiger charge is 2.15. The molecule has 0 spiro atoms. The fourth-order valence-electron chi connectivity index (χ4n) is 2.77. The number of nitrogens with zero attached hydrogens (tertiary/aromatic N) is 2. The molecule has 1 N–H and O–H groups in total. The molecule has 1 aromatic carbocycles. The van der Waals surface area contributed by atoms with Crippen LogP contribution in [-0.2, 0) is 0 Å². The van der Waals surface area contributed by atoms with Gasteiger partial charge in [-0.3, -0.25) is 15.1 Å². The molecule has 3 heterocycles. The predicted octanol–water partition coefficient (Wildman–Crippen LogP) is 6.46. The highest BCUT2D eigenvalue weighted by Crippen LogP contribution is 2.33. The molecule has 1 amide bonds. The second kappa shape index (κ2) is 7.83. The Bertz CT molecular complexity index is 1150. The number of pyridine rings is 1. The number of nitrogens with one attached hydrogen (secondary N) is 1. The number of aromatic nitrogens is 2. The zero-order valence-corrected chi connectivity index (χ0v) is 17.6. The molecule has 4 aromatic rings. The SMILES string of the molecule is Cc1ccc(-c2nc(NC(=O)c3cncc(-c4cccs4)c3)sc2C)cc1Cl. The molecule has 0 saturated carbocycles. The van der Waals surface area contributed by atoms with Gasteiger partial charge < -0.3 is 0 Å². The molecule has 0 saturated heterocycles. The quantitative estimate of drug-likeness (QED) is 0.408. The van der Waals surface area contributed by atoms with Crippen LogP contribution < -0.4 is 5.32 Å². The minimum atomic E-state index is -0.229. The molecule has 28 heavy (non-hydrogen) atoms. The number of aryl methyl sites for hydroxylation is 2. The predicted molar refractivity (Wildman–Crippen MR) is 118 cm³/mol. The van der Waals surface area contributed by atoms with Crippen molar-refractivity contribution >= 4 is 45.3 Å². The summed E-state index contributed by atoms with van der Waals surface area (Å²) < 4.78 is 0. The van der Waals surface area contributed by atoms with Gasteiger partial charge in [0.15, 0.2) is 5.13 Å². The Balaban J connectivity index is 1.57. The number of thiazole rings is 1. The van der Waals surface area contributed by atoms with Gasteiger partial charge in [0.05, 0.1) is 11.3 Å². The van der Waals surface area contributed by atoms with Gasteiger partial charge in [-0.25, -0.2) is 4.98 Å². The van der Waals surface area contributed by atoms with Gasteiger partial charge in [-0.2, -0.15) is 0 Å². The first kappa shape index (κ1) is 18.8. The van der Waals surface area contributed by atoms with Crippen molar-refractivity contribution in [3.8, 4) is 21.7 Å². The number of hydrogen-bond acceptors (Lipinski definition) is 5. The van der Waals surface area contributed by atoms with Crippen molar-refractivity contribution < 1.29 is 4.79 Å². The van der Waals surface area contributed by atoms with E-state index in [9.17, 15) is 4.79 Å². The van der Waals surface area contributed by atoms with Crippen LogP contribution in [0.15, 0.2) is 54.2 Å². The van der Waals surface area contributed by atoms with E-state index in [0.29, 0.717) is 15.7 Å². The maximum atomic E-state index is 12.7. The van der Waals surface area contributed by atoms with Crippen LogP contribution in [0.3, 0.4) is 0 Å². The topological polar surface area (TPSA) is 54.9 Å². The van der Waals surface area contributed by atoms with Gasteiger partial charge >= 0.3 is 0 Å². The Morgan fingerprint density at radius 2 is 1.96 bits per heavy atom. The second-order valence-electron chi connectivity index (χ2n) is 6.28. The number of hydrogen-bond donors (Lipinski definition) is 1. The number of benzene rings is 1. The van der Waals surface area contributed by atoms with E-state index in [2.05, 4.69) is 15.3 Å². The van der Waals surface area contributed by atoms with E-state index >= 15 is 0 Å². The molecule has 0 aliphatic heterocycles. The monoisotopic (exact) mass is 425 g/mol. The lowest BCUT2D eigenvalue weighted by Gasteiger charge is -2.04. The van der Waals surface area contributed by atoms with Gasteiger partial charge in [-0.15, -0.1) is 22.7 Å². The molecule has 0 unspecified atom stereocenters. The minimum absolute atomic E-state index is 0.229. The van der Waals surface area contributed by atoms with Crippen molar-refractivity contribution in [3.63, 3.8) is 0 Å².